The third kappa shape index (κ3) is 4.58. The van der Waals surface area contributed by atoms with Crippen LogP contribution in [0.4, 0.5) is 5.69 Å². The highest BCUT2D eigenvalue weighted by molar-refractivity contribution is 7.98. The van der Waals surface area contributed by atoms with Gasteiger partial charge in [0, 0.05) is 11.8 Å². The average molecular weight is 302 g/mol. The highest BCUT2D eigenvalue weighted by Gasteiger charge is 2.15. The van der Waals surface area contributed by atoms with E-state index in [1.165, 1.54) is 11.8 Å². The quantitative estimate of drug-likeness (QED) is 0.480. The van der Waals surface area contributed by atoms with Crippen LogP contribution in [0.15, 0.2) is 53.4 Å². The molecule has 0 saturated heterocycles. The van der Waals surface area contributed by atoms with E-state index in [1.807, 2.05) is 42.5 Å². The minimum atomic E-state index is -0.306. The summed E-state index contributed by atoms with van der Waals surface area (Å²) < 4.78 is 0. The van der Waals surface area contributed by atoms with Gasteiger partial charge >= 0.3 is 0 Å². The van der Waals surface area contributed by atoms with Gasteiger partial charge in [-0.1, -0.05) is 36.4 Å². The predicted molar refractivity (Wildman–Crippen MR) is 86.5 cm³/mol. The summed E-state index contributed by atoms with van der Waals surface area (Å²) in [7, 11) is 0. The van der Waals surface area contributed by atoms with Crippen molar-refractivity contribution in [1.82, 2.24) is 0 Å². The Morgan fingerprint density at radius 3 is 2.52 bits per heavy atom. The van der Waals surface area contributed by atoms with Gasteiger partial charge in [-0.25, -0.2) is 0 Å². The van der Waals surface area contributed by atoms with Crippen molar-refractivity contribution in [2.75, 3.05) is 6.54 Å². The van der Waals surface area contributed by atoms with Gasteiger partial charge in [-0.15, -0.1) is 11.8 Å². The molecule has 0 aromatic heterocycles. The maximum absolute atomic E-state index is 11.2. The van der Waals surface area contributed by atoms with Crippen LogP contribution in [0.2, 0.25) is 0 Å². The highest BCUT2D eigenvalue weighted by Crippen LogP contribution is 2.32. The molecule has 0 spiro atoms. The van der Waals surface area contributed by atoms with E-state index >= 15 is 0 Å². The Hall–Kier alpha value is -1.85. The summed E-state index contributed by atoms with van der Waals surface area (Å²) >= 11 is 1.49. The Bertz CT molecular complexity index is 602. The van der Waals surface area contributed by atoms with Crippen LogP contribution in [0, 0.1) is 10.1 Å². The van der Waals surface area contributed by atoms with Crippen LogP contribution in [-0.2, 0) is 12.2 Å². The monoisotopic (exact) mass is 302 g/mol. The lowest BCUT2D eigenvalue weighted by atomic mass is 10.1. The first-order chi connectivity index (χ1) is 10.2. The Morgan fingerprint density at radius 2 is 1.86 bits per heavy atom. The van der Waals surface area contributed by atoms with E-state index in [1.54, 1.807) is 6.07 Å². The van der Waals surface area contributed by atoms with Crippen molar-refractivity contribution in [3.63, 3.8) is 0 Å². The Balaban J connectivity index is 2.12. The number of nitrogens with zero attached hydrogens (tertiary/aromatic N) is 1. The van der Waals surface area contributed by atoms with E-state index in [0.717, 1.165) is 29.7 Å². The molecule has 2 aromatic rings. The van der Waals surface area contributed by atoms with E-state index in [2.05, 4.69) is 0 Å². The lowest BCUT2D eigenvalue weighted by molar-refractivity contribution is -0.387. The van der Waals surface area contributed by atoms with Crippen molar-refractivity contribution in [1.29, 1.82) is 0 Å². The summed E-state index contributed by atoms with van der Waals surface area (Å²) in [6, 6.07) is 15.4. The molecule has 0 aliphatic rings. The summed E-state index contributed by atoms with van der Waals surface area (Å²) in [5.74, 6) is 0.726. The summed E-state index contributed by atoms with van der Waals surface area (Å²) in [6.45, 7) is 0.596. The molecule has 0 aliphatic carbocycles. The number of hydrogen-bond acceptors (Lipinski definition) is 4. The average Bonchev–Trinajstić information content (AvgIpc) is 2.52. The molecule has 0 radical (unpaired) electrons. The summed E-state index contributed by atoms with van der Waals surface area (Å²) in [5.41, 5.74) is 7.79. The first-order valence-electron chi connectivity index (χ1n) is 6.85. The molecule has 0 amide bonds. The number of benzene rings is 2. The summed E-state index contributed by atoms with van der Waals surface area (Å²) in [5, 5.41) is 11.2. The number of aryl methyl sites for hydroxylation is 1. The predicted octanol–water partition coefficient (Wildman–Crippen LogP) is 3.78. The molecule has 4 nitrogen and oxygen atoms in total. The number of thioether (sulfide) groups is 1. The summed E-state index contributed by atoms with van der Waals surface area (Å²) in [6.07, 6.45) is 1.62. The minimum absolute atomic E-state index is 0.186. The smallest absolute Gasteiger partial charge is 0.283 e. The number of hydrogen-bond donors (Lipinski definition) is 1. The van der Waals surface area contributed by atoms with Crippen molar-refractivity contribution < 1.29 is 4.92 Å². The number of nitrogens with two attached hydrogens (primary N) is 1. The molecule has 0 unspecified atom stereocenters. The molecule has 2 rings (SSSR count). The molecule has 0 heterocycles. The van der Waals surface area contributed by atoms with Crippen molar-refractivity contribution in [3.05, 3.63) is 69.8 Å². The van der Waals surface area contributed by atoms with Gasteiger partial charge in [0.1, 0.15) is 0 Å². The van der Waals surface area contributed by atoms with E-state index in [-0.39, 0.29) is 10.6 Å². The van der Waals surface area contributed by atoms with Gasteiger partial charge in [-0.3, -0.25) is 10.1 Å². The van der Waals surface area contributed by atoms with Gasteiger partial charge < -0.3 is 5.73 Å². The van der Waals surface area contributed by atoms with Gasteiger partial charge in [-0.2, -0.15) is 0 Å². The lowest BCUT2D eigenvalue weighted by Gasteiger charge is -2.06. The van der Waals surface area contributed by atoms with Crippen molar-refractivity contribution in [3.8, 4) is 0 Å². The topological polar surface area (TPSA) is 69.2 Å². The van der Waals surface area contributed by atoms with Crippen LogP contribution >= 0.6 is 11.8 Å². The zero-order valence-corrected chi connectivity index (χ0v) is 12.5. The Labute approximate surface area is 128 Å². The van der Waals surface area contributed by atoms with Crippen molar-refractivity contribution in [2.24, 2.45) is 5.73 Å². The van der Waals surface area contributed by atoms with Crippen LogP contribution < -0.4 is 5.73 Å². The fourth-order valence-corrected chi connectivity index (χ4v) is 2.98. The standard InChI is InChI=1S/C16H18N2O2S/c17-10-4-7-13-8-9-16(15(11-13)18(19)20)21-12-14-5-2-1-3-6-14/h1-3,5-6,8-9,11H,4,7,10,12,17H2. The zero-order valence-electron chi connectivity index (χ0n) is 11.7. The van der Waals surface area contributed by atoms with E-state index in [0.29, 0.717) is 11.4 Å². The highest BCUT2D eigenvalue weighted by atomic mass is 32.2. The first kappa shape index (κ1) is 15.5. The molecule has 21 heavy (non-hydrogen) atoms. The van der Waals surface area contributed by atoms with Crippen LogP contribution in [0.25, 0.3) is 0 Å². The fourth-order valence-electron chi connectivity index (χ4n) is 2.02. The Morgan fingerprint density at radius 1 is 1.10 bits per heavy atom. The van der Waals surface area contributed by atoms with Crippen LogP contribution in [-0.4, -0.2) is 11.5 Å². The van der Waals surface area contributed by atoms with E-state index in [9.17, 15) is 10.1 Å². The second kappa shape index (κ2) is 7.81. The molecular weight excluding hydrogens is 284 g/mol. The molecule has 0 saturated carbocycles. The lowest BCUT2D eigenvalue weighted by Crippen LogP contribution is -2.01. The number of nitro benzene ring substituents is 1. The first-order valence-corrected chi connectivity index (χ1v) is 7.83. The molecule has 2 N–H and O–H groups in total. The molecule has 0 bridgehead atoms. The van der Waals surface area contributed by atoms with Gasteiger partial charge in [-0.05, 0) is 36.6 Å². The number of rotatable bonds is 7. The van der Waals surface area contributed by atoms with Gasteiger partial charge in [0.2, 0.25) is 0 Å². The van der Waals surface area contributed by atoms with Crippen LogP contribution in [0.1, 0.15) is 17.5 Å². The normalized spacial score (nSPS) is 10.5. The van der Waals surface area contributed by atoms with Crippen molar-refractivity contribution in [2.45, 2.75) is 23.5 Å². The zero-order chi connectivity index (χ0) is 15.1. The van der Waals surface area contributed by atoms with Gasteiger partial charge in [0.25, 0.3) is 5.69 Å². The molecule has 2 aromatic carbocycles. The molecule has 0 aliphatic heterocycles. The van der Waals surface area contributed by atoms with Crippen molar-refractivity contribution >= 4 is 17.4 Å². The SMILES string of the molecule is NCCCc1ccc(SCc2ccccc2)c([N+](=O)[O-])c1. The van der Waals surface area contributed by atoms with E-state index < -0.39 is 0 Å². The molecule has 5 heteroatoms. The second-order valence-corrected chi connectivity index (χ2v) is 5.74. The van der Waals surface area contributed by atoms with Crippen LogP contribution in [0.5, 0.6) is 0 Å². The molecule has 0 atom stereocenters. The van der Waals surface area contributed by atoms with Crippen LogP contribution in [0.3, 0.4) is 0 Å². The third-order valence-corrected chi connectivity index (χ3v) is 4.26. The molecule has 0 fully saturated rings. The minimum Gasteiger partial charge on any atom is -0.330 e. The van der Waals surface area contributed by atoms with Gasteiger partial charge in [0.05, 0.1) is 9.82 Å². The molecule has 110 valence electrons. The third-order valence-electron chi connectivity index (χ3n) is 3.13. The number of nitro groups is 1. The van der Waals surface area contributed by atoms with Gasteiger partial charge in [0.15, 0.2) is 0 Å². The summed E-state index contributed by atoms with van der Waals surface area (Å²) in [4.78, 5) is 11.6. The van der Waals surface area contributed by atoms with E-state index in [4.69, 9.17) is 5.73 Å². The maximum atomic E-state index is 11.2. The Kier molecular flexibility index (Phi) is 5.78. The molecular formula is C16H18N2O2S. The second-order valence-electron chi connectivity index (χ2n) is 4.73. The maximum Gasteiger partial charge on any atom is 0.283 e. The largest absolute Gasteiger partial charge is 0.330 e. The fraction of sp³-hybridized carbons (Fsp3) is 0.250.